The predicted molar refractivity (Wildman–Crippen MR) is 55.3 cm³/mol. The Morgan fingerprint density at radius 3 is 3.17 bits per heavy atom. The molecule has 1 aromatic heterocycles. The van der Waals surface area contributed by atoms with E-state index in [1.165, 1.54) is 5.56 Å². The molecule has 12 heavy (non-hydrogen) atoms. The Morgan fingerprint density at radius 2 is 2.50 bits per heavy atom. The number of allylic oxidation sites excluding steroid dienone is 1. The van der Waals surface area contributed by atoms with Crippen molar-refractivity contribution in [1.82, 2.24) is 9.78 Å². The lowest BCUT2D eigenvalue weighted by atomic mass is 10.3. The molecule has 66 valence electrons. The van der Waals surface area contributed by atoms with Gasteiger partial charge in [-0.25, -0.2) is 0 Å². The van der Waals surface area contributed by atoms with Crippen LogP contribution < -0.4 is 0 Å². The van der Waals surface area contributed by atoms with Gasteiger partial charge in [-0.1, -0.05) is 35.0 Å². The molecule has 0 spiro atoms. The molecule has 1 aromatic rings. The normalized spacial score (nSPS) is 11.2. The van der Waals surface area contributed by atoms with Crippen LogP contribution in [0.3, 0.4) is 0 Å². The van der Waals surface area contributed by atoms with Crippen LogP contribution in [0.2, 0.25) is 0 Å². The SMILES string of the molecule is CCCn1cc(/C=C/CBr)cn1. The van der Waals surface area contributed by atoms with E-state index in [1.807, 2.05) is 10.9 Å². The van der Waals surface area contributed by atoms with Crippen molar-refractivity contribution in [3.05, 3.63) is 24.0 Å². The van der Waals surface area contributed by atoms with Gasteiger partial charge >= 0.3 is 0 Å². The summed E-state index contributed by atoms with van der Waals surface area (Å²) in [6.45, 7) is 3.15. The Bertz CT molecular complexity index is 253. The molecule has 1 rings (SSSR count). The zero-order valence-electron chi connectivity index (χ0n) is 7.20. The fourth-order valence-electron chi connectivity index (χ4n) is 0.998. The number of rotatable bonds is 4. The Hall–Kier alpha value is -0.570. The Labute approximate surface area is 81.4 Å². The Morgan fingerprint density at radius 1 is 1.67 bits per heavy atom. The smallest absolute Gasteiger partial charge is 0.0562 e. The molecule has 2 nitrogen and oxygen atoms in total. The summed E-state index contributed by atoms with van der Waals surface area (Å²) in [5.74, 6) is 0. The number of alkyl halides is 1. The van der Waals surface area contributed by atoms with Gasteiger partial charge in [-0.05, 0) is 6.42 Å². The number of hydrogen-bond acceptors (Lipinski definition) is 1. The first kappa shape index (κ1) is 9.52. The maximum absolute atomic E-state index is 4.21. The third kappa shape index (κ3) is 2.81. The molecule has 0 saturated heterocycles. The largest absolute Gasteiger partial charge is 0.272 e. The molecule has 1 heterocycles. The van der Waals surface area contributed by atoms with E-state index in [2.05, 4.69) is 46.3 Å². The molecule has 3 heteroatoms. The van der Waals surface area contributed by atoms with Crippen LogP contribution >= 0.6 is 15.9 Å². The van der Waals surface area contributed by atoms with E-state index in [1.54, 1.807) is 0 Å². The zero-order chi connectivity index (χ0) is 8.81. The second-order valence-corrected chi connectivity index (χ2v) is 3.24. The molecule has 0 fully saturated rings. The quantitative estimate of drug-likeness (QED) is 0.726. The van der Waals surface area contributed by atoms with Crippen LogP contribution in [0.5, 0.6) is 0 Å². The molecular weight excluding hydrogens is 216 g/mol. The molecule has 0 atom stereocenters. The maximum Gasteiger partial charge on any atom is 0.0562 e. The van der Waals surface area contributed by atoms with E-state index >= 15 is 0 Å². The lowest BCUT2D eigenvalue weighted by Crippen LogP contribution is -1.95. The van der Waals surface area contributed by atoms with Crippen LogP contribution in [0.1, 0.15) is 18.9 Å². The average Bonchev–Trinajstić information content (AvgIpc) is 2.50. The second-order valence-electron chi connectivity index (χ2n) is 2.59. The van der Waals surface area contributed by atoms with Gasteiger partial charge in [0.2, 0.25) is 0 Å². The molecule has 0 aliphatic heterocycles. The number of aromatic nitrogens is 2. The van der Waals surface area contributed by atoms with Crippen molar-refractivity contribution >= 4 is 22.0 Å². The van der Waals surface area contributed by atoms with Gasteiger partial charge in [-0.3, -0.25) is 4.68 Å². The summed E-state index contributed by atoms with van der Waals surface area (Å²) in [6.07, 6.45) is 9.20. The van der Waals surface area contributed by atoms with E-state index < -0.39 is 0 Å². The van der Waals surface area contributed by atoms with Gasteiger partial charge in [0.05, 0.1) is 6.20 Å². The van der Waals surface area contributed by atoms with Crippen molar-refractivity contribution < 1.29 is 0 Å². The third-order valence-electron chi connectivity index (χ3n) is 1.51. The summed E-state index contributed by atoms with van der Waals surface area (Å²) in [6, 6.07) is 0. The molecule has 0 aromatic carbocycles. The molecule has 0 aliphatic rings. The van der Waals surface area contributed by atoms with Crippen molar-refractivity contribution in [1.29, 1.82) is 0 Å². The van der Waals surface area contributed by atoms with Gasteiger partial charge in [-0.15, -0.1) is 0 Å². The first-order chi connectivity index (χ1) is 5.86. The molecule has 0 aliphatic carbocycles. The number of hydrogen-bond donors (Lipinski definition) is 0. The monoisotopic (exact) mass is 228 g/mol. The molecule has 0 amide bonds. The van der Waals surface area contributed by atoms with Crippen LogP contribution in [0, 0.1) is 0 Å². The maximum atomic E-state index is 4.21. The standard InChI is InChI=1S/C9H13BrN2/c1-2-6-12-8-9(7-11-12)4-3-5-10/h3-4,7-8H,2,5-6H2,1H3/b4-3+. The Kier molecular flexibility index (Phi) is 4.08. The highest BCUT2D eigenvalue weighted by molar-refractivity contribution is 9.09. The van der Waals surface area contributed by atoms with Gasteiger partial charge in [0.25, 0.3) is 0 Å². The molecule has 0 saturated carbocycles. The third-order valence-corrected chi connectivity index (χ3v) is 1.88. The summed E-state index contributed by atoms with van der Waals surface area (Å²) < 4.78 is 1.97. The highest BCUT2D eigenvalue weighted by Crippen LogP contribution is 2.01. The minimum Gasteiger partial charge on any atom is -0.272 e. The number of halogens is 1. The summed E-state index contributed by atoms with van der Waals surface area (Å²) in [7, 11) is 0. The van der Waals surface area contributed by atoms with Crippen LogP contribution in [0.15, 0.2) is 18.5 Å². The summed E-state index contributed by atoms with van der Waals surface area (Å²) in [5.41, 5.74) is 1.17. The molecule has 0 N–H and O–H groups in total. The fraction of sp³-hybridized carbons (Fsp3) is 0.444. The van der Waals surface area contributed by atoms with E-state index in [0.29, 0.717) is 0 Å². The summed E-state index contributed by atoms with van der Waals surface area (Å²) in [5, 5.41) is 5.10. The van der Waals surface area contributed by atoms with Crippen molar-refractivity contribution in [2.75, 3.05) is 5.33 Å². The molecular formula is C9H13BrN2. The topological polar surface area (TPSA) is 17.8 Å². The first-order valence-corrected chi connectivity index (χ1v) is 5.24. The fourth-order valence-corrected chi connectivity index (χ4v) is 1.18. The van der Waals surface area contributed by atoms with Crippen molar-refractivity contribution in [3.63, 3.8) is 0 Å². The highest BCUT2D eigenvalue weighted by Gasteiger charge is 1.92. The van der Waals surface area contributed by atoms with Crippen molar-refractivity contribution in [2.24, 2.45) is 0 Å². The lowest BCUT2D eigenvalue weighted by molar-refractivity contribution is 0.602. The summed E-state index contributed by atoms with van der Waals surface area (Å²) in [4.78, 5) is 0. The van der Waals surface area contributed by atoms with E-state index in [0.717, 1.165) is 18.3 Å². The van der Waals surface area contributed by atoms with Gasteiger partial charge in [0.1, 0.15) is 0 Å². The lowest BCUT2D eigenvalue weighted by Gasteiger charge is -1.93. The predicted octanol–water partition coefficient (Wildman–Crippen LogP) is 2.70. The number of nitrogens with zero attached hydrogens (tertiary/aromatic N) is 2. The van der Waals surface area contributed by atoms with Gasteiger partial charge < -0.3 is 0 Å². The zero-order valence-corrected chi connectivity index (χ0v) is 8.79. The second kappa shape index (κ2) is 5.14. The average molecular weight is 229 g/mol. The van der Waals surface area contributed by atoms with Gasteiger partial charge in [-0.2, -0.15) is 5.10 Å². The van der Waals surface area contributed by atoms with Crippen molar-refractivity contribution in [2.45, 2.75) is 19.9 Å². The molecule has 0 unspecified atom stereocenters. The van der Waals surface area contributed by atoms with Gasteiger partial charge in [0.15, 0.2) is 0 Å². The molecule has 0 bridgehead atoms. The van der Waals surface area contributed by atoms with Crippen LogP contribution in [-0.2, 0) is 6.54 Å². The molecule has 0 radical (unpaired) electrons. The Balaban J connectivity index is 2.57. The van der Waals surface area contributed by atoms with E-state index in [4.69, 9.17) is 0 Å². The minimum atomic E-state index is 0.895. The van der Waals surface area contributed by atoms with Crippen LogP contribution in [0.4, 0.5) is 0 Å². The minimum absolute atomic E-state index is 0.895. The van der Waals surface area contributed by atoms with E-state index in [9.17, 15) is 0 Å². The number of aryl methyl sites for hydroxylation is 1. The van der Waals surface area contributed by atoms with Crippen LogP contribution in [0.25, 0.3) is 6.08 Å². The van der Waals surface area contributed by atoms with Crippen LogP contribution in [-0.4, -0.2) is 15.1 Å². The first-order valence-electron chi connectivity index (χ1n) is 4.11. The van der Waals surface area contributed by atoms with Crippen molar-refractivity contribution in [3.8, 4) is 0 Å². The van der Waals surface area contributed by atoms with E-state index in [-0.39, 0.29) is 0 Å². The highest BCUT2D eigenvalue weighted by atomic mass is 79.9. The summed E-state index contributed by atoms with van der Waals surface area (Å²) >= 11 is 3.33. The van der Waals surface area contributed by atoms with Gasteiger partial charge in [0, 0.05) is 23.6 Å².